The van der Waals surface area contributed by atoms with Crippen LogP contribution in [-0.2, 0) is 9.53 Å². The topological polar surface area (TPSA) is 73.6 Å². The summed E-state index contributed by atoms with van der Waals surface area (Å²) in [4.78, 5) is 11.8. The van der Waals surface area contributed by atoms with Gasteiger partial charge in [0.05, 0.1) is 18.9 Å². The van der Waals surface area contributed by atoms with Gasteiger partial charge in [-0.3, -0.25) is 4.79 Å². The van der Waals surface area contributed by atoms with Crippen molar-refractivity contribution in [2.75, 3.05) is 24.8 Å². The highest BCUT2D eigenvalue weighted by Crippen LogP contribution is 2.25. The molecule has 1 heterocycles. The lowest BCUT2D eigenvalue weighted by molar-refractivity contribution is -0.116. The maximum atomic E-state index is 11.8. The molecule has 1 atom stereocenters. The molecule has 0 saturated carbocycles. The Bertz CT molecular complexity index is 442. The summed E-state index contributed by atoms with van der Waals surface area (Å²) in [5, 5.41) is 2.84. The largest absolute Gasteiger partial charge is 0.495 e. The van der Waals surface area contributed by atoms with E-state index in [0.717, 1.165) is 25.9 Å². The molecule has 19 heavy (non-hydrogen) atoms. The molecule has 0 aromatic heterocycles. The van der Waals surface area contributed by atoms with Crippen molar-refractivity contribution in [3.63, 3.8) is 0 Å². The van der Waals surface area contributed by atoms with Crippen molar-refractivity contribution in [3.05, 3.63) is 18.2 Å². The van der Waals surface area contributed by atoms with Crippen LogP contribution < -0.4 is 15.8 Å². The number of ether oxygens (including phenoxy) is 2. The van der Waals surface area contributed by atoms with E-state index in [2.05, 4.69) is 5.32 Å². The third-order valence-electron chi connectivity index (χ3n) is 3.23. The number of nitrogen functional groups attached to an aromatic ring is 1. The SMILES string of the molecule is COc1cc(NC(=O)CCC2CCCO2)ccc1N. The van der Waals surface area contributed by atoms with E-state index in [4.69, 9.17) is 15.2 Å². The molecular formula is C14H20N2O3. The van der Waals surface area contributed by atoms with Crippen LogP contribution in [0.1, 0.15) is 25.7 Å². The predicted molar refractivity (Wildman–Crippen MR) is 74.2 cm³/mol. The fourth-order valence-corrected chi connectivity index (χ4v) is 2.18. The Hall–Kier alpha value is -1.75. The monoisotopic (exact) mass is 264 g/mol. The zero-order chi connectivity index (χ0) is 13.7. The summed E-state index contributed by atoms with van der Waals surface area (Å²) in [5.74, 6) is 0.555. The minimum atomic E-state index is -0.0117. The van der Waals surface area contributed by atoms with Crippen LogP contribution in [0.3, 0.4) is 0 Å². The molecule has 0 aliphatic carbocycles. The van der Waals surface area contributed by atoms with Crippen LogP contribution in [0.5, 0.6) is 5.75 Å². The van der Waals surface area contributed by atoms with Gasteiger partial charge in [0.15, 0.2) is 0 Å². The van der Waals surface area contributed by atoms with Crippen molar-refractivity contribution in [3.8, 4) is 5.75 Å². The minimum Gasteiger partial charge on any atom is -0.495 e. The molecule has 3 N–H and O–H groups in total. The molecule has 1 amide bonds. The van der Waals surface area contributed by atoms with E-state index in [1.54, 1.807) is 25.3 Å². The van der Waals surface area contributed by atoms with Crippen LogP contribution in [0.15, 0.2) is 18.2 Å². The molecular weight excluding hydrogens is 244 g/mol. The van der Waals surface area contributed by atoms with Crippen molar-refractivity contribution >= 4 is 17.3 Å². The first-order chi connectivity index (χ1) is 9.19. The summed E-state index contributed by atoms with van der Waals surface area (Å²) >= 11 is 0. The Kier molecular flexibility index (Phi) is 4.63. The first kappa shape index (κ1) is 13.7. The number of benzene rings is 1. The average Bonchev–Trinajstić information content (AvgIpc) is 2.92. The van der Waals surface area contributed by atoms with E-state index in [1.807, 2.05) is 0 Å². The molecule has 1 aliphatic rings. The summed E-state index contributed by atoms with van der Waals surface area (Å²) in [6, 6.07) is 5.20. The number of carbonyl (C=O) groups excluding carboxylic acids is 1. The molecule has 104 valence electrons. The second-order valence-electron chi connectivity index (χ2n) is 4.68. The van der Waals surface area contributed by atoms with Crippen LogP contribution in [0.4, 0.5) is 11.4 Å². The fraction of sp³-hybridized carbons (Fsp3) is 0.500. The van der Waals surface area contributed by atoms with Gasteiger partial charge in [0.2, 0.25) is 5.91 Å². The number of nitrogens with one attached hydrogen (secondary N) is 1. The molecule has 1 aliphatic heterocycles. The molecule has 0 bridgehead atoms. The molecule has 0 spiro atoms. The Balaban J connectivity index is 1.84. The average molecular weight is 264 g/mol. The number of carbonyl (C=O) groups is 1. The maximum Gasteiger partial charge on any atom is 0.224 e. The summed E-state index contributed by atoms with van der Waals surface area (Å²) in [7, 11) is 1.55. The lowest BCUT2D eigenvalue weighted by Crippen LogP contribution is -2.15. The van der Waals surface area contributed by atoms with Crippen molar-refractivity contribution in [2.45, 2.75) is 31.8 Å². The molecule has 1 saturated heterocycles. The van der Waals surface area contributed by atoms with E-state index >= 15 is 0 Å². The molecule has 5 nitrogen and oxygen atoms in total. The van der Waals surface area contributed by atoms with Crippen LogP contribution in [0.25, 0.3) is 0 Å². The Morgan fingerprint density at radius 3 is 3.11 bits per heavy atom. The second-order valence-corrected chi connectivity index (χ2v) is 4.68. The summed E-state index contributed by atoms with van der Waals surface area (Å²) in [6.07, 6.45) is 3.64. The quantitative estimate of drug-likeness (QED) is 0.799. The first-order valence-electron chi connectivity index (χ1n) is 6.54. The molecule has 1 unspecified atom stereocenters. The number of hydrogen-bond acceptors (Lipinski definition) is 4. The van der Waals surface area contributed by atoms with Gasteiger partial charge in [0.1, 0.15) is 5.75 Å². The highest BCUT2D eigenvalue weighted by Gasteiger charge is 2.16. The molecule has 1 fully saturated rings. The van der Waals surface area contributed by atoms with Crippen LogP contribution in [-0.4, -0.2) is 25.7 Å². The van der Waals surface area contributed by atoms with E-state index < -0.39 is 0 Å². The number of hydrogen-bond donors (Lipinski definition) is 2. The van der Waals surface area contributed by atoms with Crippen LogP contribution >= 0.6 is 0 Å². The minimum absolute atomic E-state index is 0.0117. The number of rotatable bonds is 5. The summed E-state index contributed by atoms with van der Waals surface area (Å²) < 4.78 is 10.6. The zero-order valence-electron chi connectivity index (χ0n) is 11.1. The van der Waals surface area contributed by atoms with E-state index in [-0.39, 0.29) is 12.0 Å². The number of nitrogens with two attached hydrogens (primary N) is 1. The first-order valence-corrected chi connectivity index (χ1v) is 6.54. The predicted octanol–water partition coefficient (Wildman–Crippen LogP) is 2.18. The number of amides is 1. The summed E-state index contributed by atoms with van der Waals surface area (Å²) in [5.41, 5.74) is 6.97. The number of anilines is 2. The molecule has 1 aromatic carbocycles. The van der Waals surface area contributed by atoms with Gasteiger partial charge in [-0.25, -0.2) is 0 Å². The Morgan fingerprint density at radius 2 is 2.42 bits per heavy atom. The highest BCUT2D eigenvalue weighted by molar-refractivity contribution is 5.91. The lowest BCUT2D eigenvalue weighted by Gasteiger charge is -2.11. The second kappa shape index (κ2) is 6.43. The molecule has 5 heteroatoms. The van der Waals surface area contributed by atoms with Gasteiger partial charge in [-0.1, -0.05) is 0 Å². The standard InChI is InChI=1S/C14H20N2O3/c1-18-13-9-10(4-6-12(13)15)16-14(17)7-5-11-3-2-8-19-11/h4,6,9,11H,2-3,5,7-8,15H2,1H3,(H,16,17). The van der Waals surface area contributed by atoms with E-state index in [9.17, 15) is 4.79 Å². The third-order valence-corrected chi connectivity index (χ3v) is 3.23. The van der Waals surface area contributed by atoms with Crippen molar-refractivity contribution in [1.29, 1.82) is 0 Å². The van der Waals surface area contributed by atoms with Gasteiger partial charge in [-0.2, -0.15) is 0 Å². The van der Waals surface area contributed by atoms with Crippen molar-refractivity contribution in [1.82, 2.24) is 0 Å². The van der Waals surface area contributed by atoms with Gasteiger partial charge in [0, 0.05) is 24.8 Å². The molecule has 1 aromatic rings. The van der Waals surface area contributed by atoms with Crippen molar-refractivity contribution < 1.29 is 14.3 Å². The van der Waals surface area contributed by atoms with Crippen molar-refractivity contribution in [2.24, 2.45) is 0 Å². The van der Waals surface area contributed by atoms with Gasteiger partial charge in [0.25, 0.3) is 0 Å². The van der Waals surface area contributed by atoms with Gasteiger partial charge < -0.3 is 20.5 Å². The Morgan fingerprint density at radius 1 is 1.58 bits per heavy atom. The van der Waals surface area contributed by atoms with E-state index in [1.165, 1.54) is 0 Å². The lowest BCUT2D eigenvalue weighted by atomic mass is 10.1. The normalized spacial score (nSPS) is 18.3. The third kappa shape index (κ3) is 3.86. The molecule has 2 rings (SSSR count). The van der Waals surface area contributed by atoms with Crippen LogP contribution in [0.2, 0.25) is 0 Å². The Labute approximate surface area is 113 Å². The summed E-state index contributed by atoms with van der Waals surface area (Å²) in [6.45, 7) is 0.821. The number of methoxy groups -OCH3 is 1. The van der Waals surface area contributed by atoms with E-state index in [0.29, 0.717) is 23.5 Å². The van der Waals surface area contributed by atoms with Gasteiger partial charge >= 0.3 is 0 Å². The van der Waals surface area contributed by atoms with Crippen LogP contribution in [0, 0.1) is 0 Å². The van der Waals surface area contributed by atoms with Gasteiger partial charge in [-0.15, -0.1) is 0 Å². The molecule has 0 radical (unpaired) electrons. The van der Waals surface area contributed by atoms with Gasteiger partial charge in [-0.05, 0) is 31.4 Å². The smallest absolute Gasteiger partial charge is 0.224 e. The zero-order valence-corrected chi connectivity index (χ0v) is 11.1. The fourth-order valence-electron chi connectivity index (χ4n) is 2.18. The maximum absolute atomic E-state index is 11.8. The highest BCUT2D eigenvalue weighted by atomic mass is 16.5.